The zero-order valence-corrected chi connectivity index (χ0v) is 10.5. The van der Waals surface area contributed by atoms with Gasteiger partial charge in [-0.1, -0.05) is 6.07 Å². The van der Waals surface area contributed by atoms with E-state index in [0.717, 1.165) is 17.1 Å². The molecule has 1 aromatic carbocycles. The van der Waals surface area contributed by atoms with Crippen molar-refractivity contribution in [3.8, 4) is 0 Å². The van der Waals surface area contributed by atoms with E-state index in [1.807, 2.05) is 37.1 Å². The van der Waals surface area contributed by atoms with Gasteiger partial charge in [-0.25, -0.2) is 4.39 Å². The molecule has 0 aliphatic rings. The Balaban J connectivity index is 2.19. The second-order valence-electron chi connectivity index (χ2n) is 4.37. The first-order chi connectivity index (χ1) is 8.54. The number of halogens is 1. The Morgan fingerprint density at radius 1 is 1.28 bits per heavy atom. The summed E-state index contributed by atoms with van der Waals surface area (Å²) in [6, 6.07) is 10.4. The molecule has 0 saturated heterocycles. The van der Waals surface area contributed by atoms with E-state index >= 15 is 0 Å². The monoisotopic (exact) mass is 245 g/mol. The number of hydrogen-bond donors (Lipinski definition) is 1. The first-order valence-corrected chi connectivity index (χ1v) is 5.74. The minimum Gasteiger partial charge on any atom is -0.399 e. The summed E-state index contributed by atoms with van der Waals surface area (Å²) in [4.78, 5) is 6.33. The molecule has 18 heavy (non-hydrogen) atoms. The van der Waals surface area contributed by atoms with Crippen LogP contribution in [0.2, 0.25) is 0 Å². The molecule has 0 unspecified atom stereocenters. The fourth-order valence-electron chi connectivity index (χ4n) is 1.84. The lowest BCUT2D eigenvalue weighted by Gasteiger charge is -2.19. The van der Waals surface area contributed by atoms with Crippen molar-refractivity contribution < 1.29 is 4.39 Å². The van der Waals surface area contributed by atoms with Gasteiger partial charge in [0.15, 0.2) is 0 Å². The maximum Gasteiger partial charge on any atom is 0.127 e. The topological polar surface area (TPSA) is 42.1 Å². The zero-order valence-electron chi connectivity index (χ0n) is 10.5. The molecule has 0 radical (unpaired) electrons. The van der Waals surface area contributed by atoms with Crippen molar-refractivity contribution >= 4 is 11.4 Å². The van der Waals surface area contributed by atoms with Gasteiger partial charge in [0.1, 0.15) is 5.82 Å². The van der Waals surface area contributed by atoms with Crippen LogP contribution >= 0.6 is 0 Å². The number of hydrogen-bond acceptors (Lipinski definition) is 3. The Labute approximate surface area is 106 Å². The summed E-state index contributed by atoms with van der Waals surface area (Å²) in [5.74, 6) is -0.325. The van der Waals surface area contributed by atoms with Gasteiger partial charge in [0.2, 0.25) is 0 Å². The van der Waals surface area contributed by atoms with Crippen LogP contribution in [-0.4, -0.2) is 12.0 Å². The van der Waals surface area contributed by atoms with E-state index < -0.39 is 0 Å². The molecule has 0 aliphatic carbocycles. The Hall–Kier alpha value is -2.10. The Morgan fingerprint density at radius 3 is 2.72 bits per heavy atom. The average Bonchev–Trinajstić information content (AvgIpc) is 2.27. The van der Waals surface area contributed by atoms with Crippen LogP contribution in [0.1, 0.15) is 11.4 Å². The highest BCUT2D eigenvalue weighted by molar-refractivity contribution is 5.56. The molecule has 2 aromatic rings. The smallest absolute Gasteiger partial charge is 0.127 e. The van der Waals surface area contributed by atoms with Crippen molar-refractivity contribution in [2.24, 2.45) is 0 Å². The van der Waals surface area contributed by atoms with Crippen LogP contribution in [0, 0.1) is 12.7 Å². The fourth-order valence-corrected chi connectivity index (χ4v) is 1.84. The number of pyridine rings is 1. The summed E-state index contributed by atoms with van der Waals surface area (Å²) < 4.78 is 13.3. The van der Waals surface area contributed by atoms with E-state index in [1.54, 1.807) is 6.07 Å². The molecule has 0 spiro atoms. The van der Waals surface area contributed by atoms with Gasteiger partial charge in [0.25, 0.3) is 0 Å². The van der Waals surface area contributed by atoms with Gasteiger partial charge in [0.05, 0.1) is 12.2 Å². The summed E-state index contributed by atoms with van der Waals surface area (Å²) in [5.41, 5.74) is 8.72. The van der Waals surface area contributed by atoms with Crippen LogP contribution in [0.4, 0.5) is 15.8 Å². The predicted octanol–water partition coefficient (Wildman–Crippen LogP) is 2.75. The summed E-state index contributed by atoms with van der Waals surface area (Å²) in [7, 11) is 1.89. The van der Waals surface area contributed by atoms with Crippen molar-refractivity contribution in [2.75, 3.05) is 17.7 Å². The van der Waals surface area contributed by atoms with E-state index in [-0.39, 0.29) is 5.82 Å². The molecular formula is C14H16FN3. The standard InChI is InChI=1S/C14H16FN3/c1-10-4-3-5-13(17-10)9-18(2)14-7-11(15)6-12(16)8-14/h3-8H,9,16H2,1-2H3. The molecule has 0 aliphatic heterocycles. The second kappa shape index (κ2) is 5.04. The van der Waals surface area contributed by atoms with Gasteiger partial charge in [-0.05, 0) is 37.3 Å². The third-order valence-electron chi connectivity index (χ3n) is 2.69. The lowest BCUT2D eigenvalue weighted by atomic mass is 10.2. The van der Waals surface area contributed by atoms with E-state index in [2.05, 4.69) is 4.98 Å². The van der Waals surface area contributed by atoms with Gasteiger partial charge in [0, 0.05) is 24.1 Å². The second-order valence-corrected chi connectivity index (χ2v) is 4.37. The summed E-state index contributed by atoms with van der Waals surface area (Å²) in [6.07, 6.45) is 0. The van der Waals surface area contributed by atoms with Crippen molar-refractivity contribution in [3.63, 3.8) is 0 Å². The van der Waals surface area contributed by atoms with E-state index in [9.17, 15) is 4.39 Å². The number of aryl methyl sites for hydroxylation is 1. The molecule has 0 amide bonds. The highest BCUT2D eigenvalue weighted by Gasteiger charge is 2.06. The van der Waals surface area contributed by atoms with Crippen molar-refractivity contribution in [1.29, 1.82) is 0 Å². The van der Waals surface area contributed by atoms with Crippen molar-refractivity contribution in [2.45, 2.75) is 13.5 Å². The first kappa shape index (κ1) is 12.4. The number of nitrogens with two attached hydrogens (primary N) is 1. The zero-order chi connectivity index (χ0) is 13.1. The fraction of sp³-hybridized carbons (Fsp3) is 0.214. The molecule has 1 heterocycles. The number of nitrogen functional groups attached to an aromatic ring is 1. The summed E-state index contributed by atoms with van der Waals surface area (Å²) in [5, 5.41) is 0. The van der Waals surface area contributed by atoms with E-state index in [0.29, 0.717) is 12.2 Å². The summed E-state index contributed by atoms with van der Waals surface area (Å²) in [6.45, 7) is 2.56. The predicted molar refractivity (Wildman–Crippen MR) is 71.9 cm³/mol. The molecular weight excluding hydrogens is 229 g/mol. The maximum atomic E-state index is 13.3. The van der Waals surface area contributed by atoms with Crippen LogP contribution < -0.4 is 10.6 Å². The maximum absolute atomic E-state index is 13.3. The summed E-state index contributed by atoms with van der Waals surface area (Å²) >= 11 is 0. The largest absolute Gasteiger partial charge is 0.399 e. The van der Waals surface area contributed by atoms with E-state index in [1.165, 1.54) is 12.1 Å². The lowest BCUT2D eigenvalue weighted by Crippen LogP contribution is -2.17. The third kappa shape index (κ3) is 2.97. The van der Waals surface area contributed by atoms with E-state index in [4.69, 9.17) is 5.73 Å². The molecule has 0 saturated carbocycles. The SMILES string of the molecule is Cc1cccc(CN(C)c2cc(N)cc(F)c2)n1. The third-order valence-corrected chi connectivity index (χ3v) is 2.69. The Bertz CT molecular complexity index is 534. The number of rotatable bonds is 3. The van der Waals surface area contributed by atoms with Gasteiger partial charge < -0.3 is 10.6 Å². The number of aromatic nitrogens is 1. The Kier molecular flexibility index (Phi) is 3.46. The molecule has 1 aromatic heterocycles. The molecule has 0 atom stereocenters. The van der Waals surface area contributed by atoms with Crippen molar-refractivity contribution in [3.05, 3.63) is 53.6 Å². The molecule has 2 rings (SSSR count). The quantitative estimate of drug-likeness (QED) is 0.845. The molecule has 0 bridgehead atoms. The minimum atomic E-state index is -0.325. The van der Waals surface area contributed by atoms with Gasteiger partial charge in [-0.2, -0.15) is 0 Å². The number of nitrogens with zero attached hydrogens (tertiary/aromatic N) is 2. The van der Waals surface area contributed by atoms with Crippen LogP contribution in [0.5, 0.6) is 0 Å². The lowest BCUT2D eigenvalue weighted by molar-refractivity contribution is 0.627. The van der Waals surface area contributed by atoms with Gasteiger partial charge in [-0.15, -0.1) is 0 Å². The van der Waals surface area contributed by atoms with Crippen LogP contribution in [0.3, 0.4) is 0 Å². The molecule has 0 fully saturated rings. The molecule has 4 heteroatoms. The van der Waals surface area contributed by atoms with Crippen LogP contribution in [0.25, 0.3) is 0 Å². The highest BCUT2D eigenvalue weighted by Crippen LogP contribution is 2.20. The van der Waals surface area contributed by atoms with Crippen LogP contribution in [-0.2, 0) is 6.54 Å². The molecule has 94 valence electrons. The Morgan fingerprint density at radius 2 is 2.06 bits per heavy atom. The molecule has 3 nitrogen and oxygen atoms in total. The average molecular weight is 245 g/mol. The van der Waals surface area contributed by atoms with Gasteiger partial charge >= 0.3 is 0 Å². The number of anilines is 2. The normalized spacial score (nSPS) is 10.4. The highest BCUT2D eigenvalue weighted by atomic mass is 19.1. The van der Waals surface area contributed by atoms with Crippen LogP contribution in [0.15, 0.2) is 36.4 Å². The van der Waals surface area contributed by atoms with Gasteiger partial charge in [-0.3, -0.25) is 4.98 Å². The first-order valence-electron chi connectivity index (χ1n) is 5.74. The minimum absolute atomic E-state index is 0.325. The molecule has 2 N–H and O–H groups in total. The number of benzene rings is 1. The van der Waals surface area contributed by atoms with Crippen molar-refractivity contribution in [1.82, 2.24) is 4.98 Å².